The second kappa shape index (κ2) is 6.44. The lowest BCUT2D eigenvalue weighted by Crippen LogP contribution is -2.42. The summed E-state index contributed by atoms with van der Waals surface area (Å²) in [7, 11) is 0. The number of nitrogens with zero attached hydrogens (tertiary/aromatic N) is 1. The summed E-state index contributed by atoms with van der Waals surface area (Å²) in [5.74, 6) is 0.667. The number of piperidine rings is 1. The Morgan fingerprint density at radius 3 is 2.45 bits per heavy atom. The molecule has 1 saturated heterocycles. The number of carbonyl (C=O) groups is 1. The molecule has 22 heavy (non-hydrogen) atoms. The maximum Gasteiger partial charge on any atom is 0.120 e. The van der Waals surface area contributed by atoms with Crippen molar-refractivity contribution >= 4 is 12.0 Å². The molecule has 2 nitrogen and oxygen atoms in total. The molecule has 1 heterocycles. The van der Waals surface area contributed by atoms with E-state index >= 15 is 0 Å². The molecule has 1 aromatic carbocycles. The van der Waals surface area contributed by atoms with Crippen LogP contribution in [0.5, 0.6) is 0 Å². The van der Waals surface area contributed by atoms with Crippen LogP contribution in [0.3, 0.4) is 0 Å². The number of aldehydes is 1. The van der Waals surface area contributed by atoms with Gasteiger partial charge in [0.05, 0.1) is 0 Å². The predicted octanol–water partition coefficient (Wildman–Crippen LogP) is 4.67. The number of rotatable bonds is 3. The summed E-state index contributed by atoms with van der Waals surface area (Å²) < 4.78 is 0. The average Bonchev–Trinajstić information content (AvgIpc) is 2.53. The number of benzene rings is 1. The van der Waals surface area contributed by atoms with E-state index in [0.29, 0.717) is 11.3 Å². The summed E-state index contributed by atoms with van der Waals surface area (Å²) in [6, 6.07) is 6.80. The number of anilines is 1. The van der Waals surface area contributed by atoms with Crippen molar-refractivity contribution in [3.05, 3.63) is 29.3 Å². The molecule has 0 amide bonds. The molecule has 0 aromatic heterocycles. The van der Waals surface area contributed by atoms with Gasteiger partial charge < -0.3 is 9.69 Å². The third-order valence-corrected chi connectivity index (χ3v) is 6.12. The lowest BCUT2D eigenvalue weighted by atomic mass is 9.65. The molecule has 120 valence electrons. The third-order valence-electron chi connectivity index (χ3n) is 6.12. The van der Waals surface area contributed by atoms with Crippen molar-refractivity contribution in [3.8, 4) is 0 Å². The fraction of sp³-hybridized carbons (Fsp3) is 0.650. The largest absolute Gasteiger partial charge is 0.371 e. The van der Waals surface area contributed by atoms with Crippen LogP contribution in [0.1, 0.15) is 56.1 Å². The molecule has 0 radical (unpaired) electrons. The molecule has 2 fully saturated rings. The molecule has 3 rings (SSSR count). The van der Waals surface area contributed by atoms with Crippen molar-refractivity contribution in [2.45, 2.75) is 58.8 Å². The van der Waals surface area contributed by atoms with Crippen LogP contribution in [0.25, 0.3) is 0 Å². The maximum atomic E-state index is 10.7. The van der Waals surface area contributed by atoms with Gasteiger partial charge >= 0.3 is 0 Å². The highest BCUT2D eigenvalue weighted by atomic mass is 16.1. The molecule has 0 unspecified atom stereocenters. The fourth-order valence-electron chi connectivity index (χ4n) is 4.44. The van der Waals surface area contributed by atoms with E-state index in [1.807, 2.05) is 0 Å². The molecule has 1 aliphatic heterocycles. The van der Waals surface area contributed by atoms with E-state index in [-0.39, 0.29) is 0 Å². The molecule has 2 heteroatoms. The highest BCUT2D eigenvalue weighted by molar-refractivity contribution is 5.55. The summed E-state index contributed by atoms with van der Waals surface area (Å²) >= 11 is 0. The van der Waals surface area contributed by atoms with Crippen molar-refractivity contribution in [3.63, 3.8) is 0 Å². The van der Waals surface area contributed by atoms with Gasteiger partial charge in [-0.3, -0.25) is 0 Å². The first-order valence-electron chi connectivity index (χ1n) is 8.88. The van der Waals surface area contributed by atoms with Crippen LogP contribution >= 0.6 is 0 Å². The van der Waals surface area contributed by atoms with Gasteiger partial charge in [0.15, 0.2) is 0 Å². The minimum atomic E-state index is 0.577. The van der Waals surface area contributed by atoms with E-state index < -0.39 is 0 Å². The van der Waals surface area contributed by atoms with E-state index in [9.17, 15) is 4.79 Å². The monoisotopic (exact) mass is 299 g/mol. The van der Waals surface area contributed by atoms with E-state index in [0.717, 1.165) is 12.7 Å². The molecule has 2 aliphatic rings. The highest BCUT2D eigenvalue weighted by Gasteiger charge is 2.38. The van der Waals surface area contributed by atoms with Gasteiger partial charge in [-0.25, -0.2) is 0 Å². The Balaban J connectivity index is 1.61. The van der Waals surface area contributed by atoms with Crippen molar-refractivity contribution in [2.24, 2.45) is 11.3 Å². The maximum absolute atomic E-state index is 10.7. The lowest BCUT2D eigenvalue weighted by Gasteiger charge is -2.46. The van der Waals surface area contributed by atoms with Crippen LogP contribution in [-0.4, -0.2) is 19.4 Å². The number of aryl methyl sites for hydroxylation is 2. The van der Waals surface area contributed by atoms with E-state index in [4.69, 9.17) is 0 Å². The van der Waals surface area contributed by atoms with Gasteiger partial charge in [-0.2, -0.15) is 0 Å². The zero-order valence-corrected chi connectivity index (χ0v) is 14.1. The Morgan fingerprint density at radius 2 is 1.82 bits per heavy atom. The summed E-state index contributed by atoms with van der Waals surface area (Å²) in [5.41, 5.74) is 4.77. The number of hydrogen-bond acceptors (Lipinski definition) is 2. The first kappa shape index (κ1) is 15.6. The molecule has 0 atom stereocenters. The summed E-state index contributed by atoms with van der Waals surface area (Å²) in [6.07, 6.45) is 9.77. The van der Waals surface area contributed by atoms with Crippen LogP contribution < -0.4 is 4.90 Å². The van der Waals surface area contributed by atoms with Gasteiger partial charge in [0, 0.05) is 25.2 Å². The Kier molecular flexibility index (Phi) is 4.56. The summed E-state index contributed by atoms with van der Waals surface area (Å²) in [4.78, 5) is 13.3. The van der Waals surface area contributed by atoms with Crippen LogP contribution in [-0.2, 0) is 4.79 Å². The van der Waals surface area contributed by atoms with Crippen LogP contribution in [0.15, 0.2) is 18.2 Å². The van der Waals surface area contributed by atoms with Gasteiger partial charge in [0.2, 0.25) is 0 Å². The standard InChI is InChI=1S/C20H29NO/c1-16-3-4-17(2)19(15-16)21-12-10-20(11-13-21)8-5-18(6-9-20)7-14-22/h3-4,14-15,18H,5-13H2,1-2H3. The second-order valence-electron chi connectivity index (χ2n) is 7.62. The molecule has 0 N–H and O–H groups in total. The summed E-state index contributed by atoms with van der Waals surface area (Å²) in [6.45, 7) is 6.80. The molecule has 1 saturated carbocycles. The highest BCUT2D eigenvalue weighted by Crippen LogP contribution is 2.47. The topological polar surface area (TPSA) is 20.3 Å². The van der Waals surface area contributed by atoms with Crippen molar-refractivity contribution in [2.75, 3.05) is 18.0 Å². The van der Waals surface area contributed by atoms with Crippen LogP contribution in [0, 0.1) is 25.2 Å². The van der Waals surface area contributed by atoms with E-state index in [2.05, 4.69) is 36.9 Å². The number of hydrogen-bond donors (Lipinski definition) is 0. The summed E-state index contributed by atoms with van der Waals surface area (Å²) in [5, 5.41) is 0. The second-order valence-corrected chi connectivity index (χ2v) is 7.62. The predicted molar refractivity (Wildman–Crippen MR) is 92.4 cm³/mol. The molecule has 1 aliphatic carbocycles. The van der Waals surface area contributed by atoms with Crippen molar-refractivity contribution in [1.82, 2.24) is 0 Å². The normalized spacial score (nSPS) is 22.0. The van der Waals surface area contributed by atoms with E-state index in [1.54, 1.807) is 0 Å². The van der Waals surface area contributed by atoms with Crippen LogP contribution in [0.2, 0.25) is 0 Å². The molecule has 1 spiro atoms. The van der Waals surface area contributed by atoms with Gasteiger partial charge in [-0.15, -0.1) is 0 Å². The quantitative estimate of drug-likeness (QED) is 0.756. The van der Waals surface area contributed by atoms with Crippen LogP contribution in [0.4, 0.5) is 5.69 Å². The van der Waals surface area contributed by atoms with Gasteiger partial charge in [0.1, 0.15) is 6.29 Å². The molecule has 1 aromatic rings. The first-order chi connectivity index (χ1) is 10.6. The van der Waals surface area contributed by atoms with Gasteiger partial charge in [-0.05, 0) is 80.9 Å². The number of carbonyl (C=O) groups excluding carboxylic acids is 1. The molecular weight excluding hydrogens is 270 g/mol. The smallest absolute Gasteiger partial charge is 0.120 e. The zero-order chi connectivity index (χ0) is 15.6. The third kappa shape index (κ3) is 3.21. The molecular formula is C20H29NO. The lowest BCUT2D eigenvalue weighted by molar-refractivity contribution is -0.109. The zero-order valence-electron chi connectivity index (χ0n) is 14.1. The Hall–Kier alpha value is -1.31. The Bertz CT molecular complexity index is 519. The minimum absolute atomic E-state index is 0.577. The van der Waals surface area contributed by atoms with Crippen molar-refractivity contribution in [1.29, 1.82) is 0 Å². The van der Waals surface area contributed by atoms with E-state index in [1.165, 1.54) is 68.4 Å². The Labute approximate surface area is 134 Å². The average molecular weight is 299 g/mol. The van der Waals surface area contributed by atoms with Gasteiger partial charge in [0.25, 0.3) is 0 Å². The SMILES string of the molecule is Cc1ccc(C)c(N2CCC3(CCC(CC=O)CC3)CC2)c1. The first-order valence-corrected chi connectivity index (χ1v) is 8.88. The molecule has 0 bridgehead atoms. The minimum Gasteiger partial charge on any atom is -0.371 e. The van der Waals surface area contributed by atoms with Gasteiger partial charge in [-0.1, -0.05) is 12.1 Å². The van der Waals surface area contributed by atoms with Crippen molar-refractivity contribution < 1.29 is 4.79 Å². The Morgan fingerprint density at radius 1 is 1.14 bits per heavy atom. The fourth-order valence-corrected chi connectivity index (χ4v) is 4.44.